The first-order chi connectivity index (χ1) is 10.2. The molecule has 2 atom stereocenters. The second-order valence-corrected chi connectivity index (χ2v) is 5.94. The SMILES string of the molecule is CC(Cc1ccsc1)NC(CC(N)=NO)c1ccccc1. The first-order valence-corrected chi connectivity index (χ1v) is 7.91. The Labute approximate surface area is 129 Å². The standard InChI is InChI=1S/C16H21N3OS/c1-12(9-13-7-8-21-11-13)18-15(10-16(17)19-20)14-5-3-2-4-6-14/h2-8,11-12,15,18,20H,9-10H2,1H3,(H2,17,19). The summed E-state index contributed by atoms with van der Waals surface area (Å²) >= 11 is 1.71. The number of nitrogens with two attached hydrogens (primary N) is 1. The molecule has 0 bridgehead atoms. The van der Waals surface area contributed by atoms with Crippen molar-refractivity contribution < 1.29 is 5.21 Å². The van der Waals surface area contributed by atoms with Crippen LogP contribution in [-0.4, -0.2) is 17.1 Å². The number of amidine groups is 1. The molecule has 0 fully saturated rings. The van der Waals surface area contributed by atoms with Gasteiger partial charge in [-0.15, -0.1) is 0 Å². The number of benzene rings is 1. The van der Waals surface area contributed by atoms with Gasteiger partial charge in [0, 0.05) is 18.5 Å². The molecule has 1 aromatic heterocycles. The maximum Gasteiger partial charge on any atom is 0.141 e. The van der Waals surface area contributed by atoms with E-state index in [1.807, 2.05) is 18.2 Å². The van der Waals surface area contributed by atoms with Crippen LogP contribution in [0.2, 0.25) is 0 Å². The highest BCUT2D eigenvalue weighted by Crippen LogP contribution is 2.18. The van der Waals surface area contributed by atoms with E-state index in [1.165, 1.54) is 5.56 Å². The summed E-state index contributed by atoms with van der Waals surface area (Å²) in [6.07, 6.45) is 1.44. The Kier molecular flexibility index (Phi) is 5.78. The zero-order valence-corrected chi connectivity index (χ0v) is 12.9. The predicted octanol–water partition coefficient (Wildman–Crippen LogP) is 3.15. The van der Waals surface area contributed by atoms with Gasteiger partial charge in [-0.2, -0.15) is 11.3 Å². The van der Waals surface area contributed by atoms with Crippen molar-refractivity contribution in [3.63, 3.8) is 0 Å². The van der Waals surface area contributed by atoms with E-state index in [2.05, 4.69) is 46.4 Å². The quantitative estimate of drug-likeness (QED) is 0.318. The number of hydrogen-bond acceptors (Lipinski definition) is 4. The minimum atomic E-state index is 0.0377. The minimum Gasteiger partial charge on any atom is -0.409 e. The molecular weight excluding hydrogens is 282 g/mol. The summed E-state index contributed by atoms with van der Waals surface area (Å²) in [4.78, 5) is 0. The number of oxime groups is 1. The third kappa shape index (κ3) is 4.88. The van der Waals surface area contributed by atoms with Crippen molar-refractivity contribution in [2.45, 2.75) is 31.8 Å². The Hall–Kier alpha value is -1.85. The minimum absolute atomic E-state index is 0.0377. The topological polar surface area (TPSA) is 70.6 Å². The average Bonchev–Trinajstić information content (AvgIpc) is 3.00. The predicted molar refractivity (Wildman–Crippen MR) is 87.8 cm³/mol. The van der Waals surface area contributed by atoms with Crippen molar-refractivity contribution in [2.24, 2.45) is 10.9 Å². The Morgan fingerprint density at radius 2 is 2.10 bits per heavy atom. The molecule has 0 radical (unpaired) electrons. The van der Waals surface area contributed by atoms with Crippen LogP contribution in [0, 0.1) is 0 Å². The van der Waals surface area contributed by atoms with Crippen molar-refractivity contribution in [1.82, 2.24) is 5.32 Å². The molecule has 4 N–H and O–H groups in total. The van der Waals surface area contributed by atoms with E-state index in [4.69, 9.17) is 10.9 Å². The number of nitrogens with zero attached hydrogens (tertiary/aromatic N) is 1. The monoisotopic (exact) mass is 303 g/mol. The summed E-state index contributed by atoms with van der Waals surface area (Å²) in [6, 6.07) is 12.6. The summed E-state index contributed by atoms with van der Waals surface area (Å²) < 4.78 is 0. The average molecular weight is 303 g/mol. The first kappa shape index (κ1) is 15.5. The molecule has 0 aliphatic heterocycles. The van der Waals surface area contributed by atoms with Crippen LogP contribution < -0.4 is 11.1 Å². The summed E-state index contributed by atoms with van der Waals surface area (Å²) in [7, 11) is 0. The molecule has 1 heterocycles. The molecule has 2 unspecified atom stereocenters. The lowest BCUT2D eigenvalue weighted by Crippen LogP contribution is -2.34. The third-order valence-corrected chi connectivity index (χ3v) is 4.08. The third-order valence-electron chi connectivity index (χ3n) is 3.35. The van der Waals surface area contributed by atoms with Gasteiger partial charge in [-0.05, 0) is 41.3 Å². The van der Waals surface area contributed by atoms with Crippen LogP contribution in [0.1, 0.15) is 30.5 Å². The Morgan fingerprint density at radius 3 is 2.71 bits per heavy atom. The van der Waals surface area contributed by atoms with Gasteiger partial charge in [-0.1, -0.05) is 35.5 Å². The van der Waals surface area contributed by atoms with Gasteiger partial charge in [0.15, 0.2) is 0 Å². The lowest BCUT2D eigenvalue weighted by Gasteiger charge is -2.23. The molecule has 1 aromatic carbocycles. The summed E-state index contributed by atoms with van der Waals surface area (Å²) in [5.74, 6) is 0.235. The Morgan fingerprint density at radius 1 is 1.33 bits per heavy atom. The van der Waals surface area contributed by atoms with Crippen molar-refractivity contribution >= 4 is 17.2 Å². The largest absolute Gasteiger partial charge is 0.409 e. The summed E-state index contributed by atoms with van der Waals surface area (Å²) in [6.45, 7) is 2.15. The zero-order chi connectivity index (χ0) is 15.1. The molecule has 0 aliphatic carbocycles. The van der Waals surface area contributed by atoms with Crippen LogP contribution in [0.5, 0.6) is 0 Å². The van der Waals surface area contributed by atoms with E-state index in [1.54, 1.807) is 11.3 Å². The second-order valence-electron chi connectivity index (χ2n) is 5.16. The van der Waals surface area contributed by atoms with E-state index in [9.17, 15) is 0 Å². The van der Waals surface area contributed by atoms with Crippen LogP contribution >= 0.6 is 11.3 Å². The molecule has 5 heteroatoms. The van der Waals surface area contributed by atoms with Gasteiger partial charge in [-0.25, -0.2) is 0 Å². The van der Waals surface area contributed by atoms with Crippen LogP contribution in [0.3, 0.4) is 0 Å². The van der Waals surface area contributed by atoms with Crippen molar-refractivity contribution in [3.8, 4) is 0 Å². The van der Waals surface area contributed by atoms with Crippen LogP contribution in [0.15, 0.2) is 52.3 Å². The molecule has 2 rings (SSSR count). The second kappa shape index (κ2) is 7.81. The lowest BCUT2D eigenvalue weighted by atomic mass is 10.0. The van der Waals surface area contributed by atoms with E-state index in [0.29, 0.717) is 12.5 Å². The van der Waals surface area contributed by atoms with E-state index in [-0.39, 0.29) is 11.9 Å². The fraction of sp³-hybridized carbons (Fsp3) is 0.312. The molecule has 21 heavy (non-hydrogen) atoms. The van der Waals surface area contributed by atoms with Gasteiger partial charge in [0.1, 0.15) is 5.84 Å². The highest BCUT2D eigenvalue weighted by molar-refractivity contribution is 7.07. The van der Waals surface area contributed by atoms with E-state index < -0.39 is 0 Å². The molecular formula is C16H21N3OS. The molecule has 0 aliphatic rings. The van der Waals surface area contributed by atoms with E-state index in [0.717, 1.165) is 12.0 Å². The molecule has 2 aromatic rings. The Balaban J connectivity index is 2.05. The van der Waals surface area contributed by atoms with Crippen LogP contribution in [0.4, 0.5) is 0 Å². The van der Waals surface area contributed by atoms with Crippen LogP contribution in [0.25, 0.3) is 0 Å². The molecule has 0 saturated carbocycles. The number of nitrogens with one attached hydrogen (secondary N) is 1. The maximum atomic E-state index is 8.81. The highest BCUT2D eigenvalue weighted by atomic mass is 32.1. The van der Waals surface area contributed by atoms with Gasteiger partial charge in [0.05, 0.1) is 0 Å². The lowest BCUT2D eigenvalue weighted by molar-refractivity contribution is 0.315. The molecule has 0 amide bonds. The summed E-state index contributed by atoms with van der Waals surface area (Å²) in [5, 5.41) is 19.7. The zero-order valence-electron chi connectivity index (χ0n) is 12.1. The molecule has 0 spiro atoms. The van der Waals surface area contributed by atoms with Crippen molar-refractivity contribution in [1.29, 1.82) is 0 Å². The van der Waals surface area contributed by atoms with Gasteiger partial charge in [0.25, 0.3) is 0 Å². The first-order valence-electron chi connectivity index (χ1n) is 6.97. The molecule has 0 saturated heterocycles. The maximum absolute atomic E-state index is 8.81. The van der Waals surface area contributed by atoms with Crippen molar-refractivity contribution in [3.05, 3.63) is 58.3 Å². The number of rotatable bonds is 7. The van der Waals surface area contributed by atoms with Gasteiger partial charge in [-0.3, -0.25) is 0 Å². The Bertz CT molecular complexity index is 554. The molecule has 112 valence electrons. The normalized spacial score (nSPS) is 14.8. The smallest absolute Gasteiger partial charge is 0.141 e. The van der Waals surface area contributed by atoms with Crippen LogP contribution in [-0.2, 0) is 6.42 Å². The van der Waals surface area contributed by atoms with Crippen molar-refractivity contribution in [2.75, 3.05) is 0 Å². The fourth-order valence-corrected chi connectivity index (χ4v) is 3.05. The van der Waals surface area contributed by atoms with E-state index >= 15 is 0 Å². The fourth-order valence-electron chi connectivity index (χ4n) is 2.37. The number of thiophene rings is 1. The van der Waals surface area contributed by atoms with Gasteiger partial charge < -0.3 is 16.3 Å². The highest BCUT2D eigenvalue weighted by Gasteiger charge is 2.16. The van der Waals surface area contributed by atoms with Gasteiger partial charge >= 0.3 is 0 Å². The van der Waals surface area contributed by atoms with Gasteiger partial charge in [0.2, 0.25) is 0 Å². The number of hydrogen-bond donors (Lipinski definition) is 3. The summed E-state index contributed by atoms with van der Waals surface area (Å²) in [5.41, 5.74) is 8.15. The molecule has 4 nitrogen and oxygen atoms in total.